The smallest absolute Gasteiger partial charge is 0.331 e. The molecule has 5 nitrogen and oxygen atoms in total. The molecule has 0 aromatic heterocycles. The molecule has 0 aliphatic heterocycles. The third-order valence-corrected chi connectivity index (χ3v) is 2.23. The molecule has 1 amide bonds. The molecule has 0 aliphatic carbocycles. The first kappa shape index (κ1) is 15.6. The number of carbonyl (C=O) groups excluding carboxylic acids is 2. The number of ether oxygens (including phenoxy) is 2. The number of esters is 1. The van der Waals surface area contributed by atoms with Gasteiger partial charge in [0.25, 0.3) is 5.91 Å². The summed E-state index contributed by atoms with van der Waals surface area (Å²) in [6, 6.07) is 0. The van der Waals surface area contributed by atoms with E-state index < -0.39 is 12.1 Å². The van der Waals surface area contributed by atoms with E-state index in [4.69, 9.17) is 9.47 Å². The topological polar surface area (TPSA) is 55.8 Å². The van der Waals surface area contributed by atoms with E-state index in [-0.39, 0.29) is 5.91 Å². The Morgan fingerprint density at radius 2 is 1.88 bits per heavy atom. The van der Waals surface area contributed by atoms with Crippen LogP contribution in [0.2, 0.25) is 0 Å². The van der Waals surface area contributed by atoms with Crippen molar-refractivity contribution in [2.75, 3.05) is 26.8 Å². The Labute approximate surface area is 102 Å². The Bertz CT molecular complexity index is 272. The zero-order chi connectivity index (χ0) is 13.3. The molecular formula is C12H21NO4. The number of methoxy groups -OCH3 is 1. The van der Waals surface area contributed by atoms with Crippen LogP contribution in [0.1, 0.15) is 20.8 Å². The molecule has 0 radical (unpaired) electrons. The van der Waals surface area contributed by atoms with E-state index >= 15 is 0 Å². The number of rotatable bonds is 7. The van der Waals surface area contributed by atoms with Crippen LogP contribution in [-0.2, 0) is 19.1 Å². The van der Waals surface area contributed by atoms with Gasteiger partial charge in [0.2, 0.25) is 0 Å². The van der Waals surface area contributed by atoms with Crippen LogP contribution in [0.25, 0.3) is 0 Å². The van der Waals surface area contributed by atoms with Crippen molar-refractivity contribution in [3.8, 4) is 0 Å². The number of carbonyl (C=O) groups is 2. The molecule has 0 N–H and O–H groups in total. The minimum absolute atomic E-state index is 0.177. The van der Waals surface area contributed by atoms with Crippen LogP contribution in [-0.4, -0.2) is 49.7 Å². The Hall–Kier alpha value is -1.36. The fourth-order valence-corrected chi connectivity index (χ4v) is 1.30. The average Bonchev–Trinajstić information content (AvgIpc) is 2.30. The van der Waals surface area contributed by atoms with Crippen molar-refractivity contribution in [3.63, 3.8) is 0 Å². The van der Waals surface area contributed by atoms with E-state index in [1.807, 2.05) is 13.8 Å². The largest absolute Gasteiger partial charge is 0.449 e. The van der Waals surface area contributed by atoms with Crippen molar-refractivity contribution in [1.29, 1.82) is 0 Å². The van der Waals surface area contributed by atoms with Gasteiger partial charge in [-0.1, -0.05) is 6.08 Å². The molecule has 0 rings (SSSR count). The SMILES string of the molecule is CCN(CC)C(=O)[C@@H](C)OC(=O)/C=C/COC. The van der Waals surface area contributed by atoms with Gasteiger partial charge in [-0.2, -0.15) is 0 Å². The van der Waals surface area contributed by atoms with E-state index in [0.717, 1.165) is 0 Å². The summed E-state index contributed by atoms with van der Waals surface area (Å²) in [6.45, 7) is 6.90. The lowest BCUT2D eigenvalue weighted by molar-refractivity contribution is -0.155. The molecule has 0 aliphatic rings. The average molecular weight is 243 g/mol. The van der Waals surface area contributed by atoms with Crippen molar-refractivity contribution in [2.24, 2.45) is 0 Å². The summed E-state index contributed by atoms with van der Waals surface area (Å²) in [7, 11) is 1.53. The standard InChI is InChI=1S/C12H21NO4/c1-5-13(6-2)12(15)10(3)17-11(14)8-7-9-16-4/h7-8,10H,5-6,9H2,1-4H3/b8-7+/t10-/m1/s1. The van der Waals surface area contributed by atoms with Gasteiger partial charge in [-0.05, 0) is 20.8 Å². The maximum atomic E-state index is 11.8. The first-order valence-corrected chi connectivity index (χ1v) is 5.71. The summed E-state index contributed by atoms with van der Waals surface area (Å²) in [5.74, 6) is -0.710. The zero-order valence-electron chi connectivity index (χ0n) is 10.9. The second kappa shape index (κ2) is 8.75. The quantitative estimate of drug-likeness (QED) is 0.494. The van der Waals surface area contributed by atoms with Crippen LogP contribution in [0, 0.1) is 0 Å². The number of hydrogen-bond acceptors (Lipinski definition) is 4. The van der Waals surface area contributed by atoms with Gasteiger partial charge in [-0.15, -0.1) is 0 Å². The predicted molar refractivity (Wildman–Crippen MR) is 64.5 cm³/mol. The summed E-state index contributed by atoms with van der Waals surface area (Å²) in [6.07, 6.45) is 2.04. The Morgan fingerprint density at radius 1 is 1.29 bits per heavy atom. The van der Waals surface area contributed by atoms with Gasteiger partial charge < -0.3 is 14.4 Å². The number of likely N-dealkylation sites (N-methyl/N-ethyl adjacent to an activating group) is 1. The van der Waals surface area contributed by atoms with Crippen molar-refractivity contribution in [2.45, 2.75) is 26.9 Å². The van der Waals surface area contributed by atoms with E-state index in [0.29, 0.717) is 19.7 Å². The second-order valence-corrected chi connectivity index (χ2v) is 3.45. The van der Waals surface area contributed by atoms with Crippen LogP contribution in [0.4, 0.5) is 0 Å². The first-order valence-electron chi connectivity index (χ1n) is 5.71. The summed E-state index contributed by atoms with van der Waals surface area (Å²) >= 11 is 0. The van der Waals surface area contributed by atoms with Crippen molar-refractivity contribution in [3.05, 3.63) is 12.2 Å². The second-order valence-electron chi connectivity index (χ2n) is 3.45. The van der Waals surface area contributed by atoms with Gasteiger partial charge in [0.05, 0.1) is 6.61 Å². The Kier molecular flexibility index (Phi) is 8.05. The highest BCUT2D eigenvalue weighted by atomic mass is 16.5. The zero-order valence-corrected chi connectivity index (χ0v) is 10.9. The van der Waals surface area contributed by atoms with Gasteiger partial charge in [0, 0.05) is 26.3 Å². The molecule has 0 spiro atoms. The molecule has 5 heteroatoms. The van der Waals surface area contributed by atoms with Gasteiger partial charge in [-0.25, -0.2) is 4.79 Å². The monoisotopic (exact) mass is 243 g/mol. The van der Waals surface area contributed by atoms with Crippen LogP contribution < -0.4 is 0 Å². The summed E-state index contributed by atoms with van der Waals surface area (Å²) in [4.78, 5) is 24.7. The maximum absolute atomic E-state index is 11.8. The van der Waals surface area contributed by atoms with Gasteiger partial charge in [-0.3, -0.25) is 4.79 Å². The van der Waals surface area contributed by atoms with Crippen LogP contribution in [0.5, 0.6) is 0 Å². The molecule has 0 unspecified atom stereocenters. The predicted octanol–water partition coefficient (Wildman–Crippen LogP) is 0.989. The van der Waals surface area contributed by atoms with Crippen LogP contribution >= 0.6 is 0 Å². The normalized spacial score (nSPS) is 12.5. The number of amides is 1. The highest BCUT2D eigenvalue weighted by Gasteiger charge is 2.20. The van der Waals surface area contributed by atoms with Gasteiger partial charge in [0.1, 0.15) is 0 Å². The lowest BCUT2D eigenvalue weighted by Gasteiger charge is -2.22. The lowest BCUT2D eigenvalue weighted by Crippen LogP contribution is -2.39. The summed E-state index contributed by atoms with van der Waals surface area (Å²) in [5, 5.41) is 0. The molecule has 0 heterocycles. The molecule has 0 bridgehead atoms. The third-order valence-electron chi connectivity index (χ3n) is 2.23. The molecule has 98 valence electrons. The molecular weight excluding hydrogens is 222 g/mol. The van der Waals surface area contributed by atoms with E-state index in [1.54, 1.807) is 11.8 Å². The minimum Gasteiger partial charge on any atom is -0.449 e. The number of nitrogens with zero attached hydrogens (tertiary/aromatic N) is 1. The molecule has 0 saturated heterocycles. The molecule has 1 atom stereocenters. The molecule has 0 fully saturated rings. The van der Waals surface area contributed by atoms with Crippen LogP contribution in [0.3, 0.4) is 0 Å². The lowest BCUT2D eigenvalue weighted by atomic mass is 10.3. The Balaban J connectivity index is 4.19. The van der Waals surface area contributed by atoms with Gasteiger partial charge >= 0.3 is 5.97 Å². The van der Waals surface area contributed by atoms with Crippen molar-refractivity contribution < 1.29 is 19.1 Å². The van der Waals surface area contributed by atoms with Crippen molar-refractivity contribution >= 4 is 11.9 Å². The van der Waals surface area contributed by atoms with Gasteiger partial charge in [0.15, 0.2) is 6.10 Å². The fraction of sp³-hybridized carbons (Fsp3) is 0.667. The van der Waals surface area contributed by atoms with Crippen molar-refractivity contribution in [1.82, 2.24) is 4.90 Å². The molecule has 0 saturated carbocycles. The summed E-state index contributed by atoms with van der Waals surface area (Å²) in [5.41, 5.74) is 0. The van der Waals surface area contributed by atoms with Crippen LogP contribution in [0.15, 0.2) is 12.2 Å². The summed E-state index contributed by atoms with van der Waals surface area (Å²) < 4.78 is 9.72. The molecule has 0 aromatic rings. The highest BCUT2D eigenvalue weighted by Crippen LogP contribution is 2.00. The molecule has 0 aromatic carbocycles. The minimum atomic E-state index is -0.755. The van der Waals surface area contributed by atoms with E-state index in [1.165, 1.54) is 19.3 Å². The first-order chi connectivity index (χ1) is 8.06. The maximum Gasteiger partial charge on any atom is 0.331 e. The van der Waals surface area contributed by atoms with E-state index in [9.17, 15) is 9.59 Å². The third kappa shape index (κ3) is 6.06. The number of hydrogen-bond donors (Lipinski definition) is 0. The highest BCUT2D eigenvalue weighted by molar-refractivity contribution is 5.87. The fourth-order valence-electron chi connectivity index (χ4n) is 1.30. The Morgan fingerprint density at radius 3 is 2.35 bits per heavy atom. The molecule has 17 heavy (non-hydrogen) atoms. The van der Waals surface area contributed by atoms with E-state index in [2.05, 4.69) is 0 Å².